The van der Waals surface area contributed by atoms with E-state index in [4.69, 9.17) is 0 Å². The minimum absolute atomic E-state index is 0.173. The fourth-order valence-electron chi connectivity index (χ4n) is 3.02. The molecule has 4 aromatic rings. The number of hydrogen-bond donors (Lipinski definition) is 2. The van der Waals surface area contributed by atoms with Gasteiger partial charge >= 0.3 is 0 Å². The zero-order valence-corrected chi connectivity index (χ0v) is 14.8. The molecule has 0 aliphatic rings. The van der Waals surface area contributed by atoms with E-state index in [-0.39, 0.29) is 17.0 Å². The van der Waals surface area contributed by atoms with E-state index in [9.17, 15) is 14.7 Å². The largest absolute Gasteiger partial charge is 0.391 e. The number of fused-ring (bicyclic) bond motifs is 2. The van der Waals surface area contributed by atoms with Crippen LogP contribution < -0.4 is 10.9 Å². The molecule has 0 saturated carbocycles. The molecule has 2 N–H and O–H groups in total. The molecule has 3 aromatic heterocycles. The summed E-state index contributed by atoms with van der Waals surface area (Å²) in [6, 6.07) is 8.95. The van der Waals surface area contributed by atoms with Crippen molar-refractivity contribution in [3.05, 3.63) is 64.2 Å². The van der Waals surface area contributed by atoms with Gasteiger partial charge in [0.05, 0.1) is 23.9 Å². The summed E-state index contributed by atoms with van der Waals surface area (Å²) in [5, 5.41) is 17.6. The van der Waals surface area contributed by atoms with Crippen molar-refractivity contribution >= 4 is 34.0 Å². The first-order chi connectivity index (χ1) is 13.0. The second kappa shape index (κ2) is 6.33. The first-order valence-electron chi connectivity index (χ1n) is 8.36. The molecule has 27 heavy (non-hydrogen) atoms. The van der Waals surface area contributed by atoms with Crippen LogP contribution in [0.1, 0.15) is 22.8 Å². The molecule has 1 aromatic carbocycles. The number of rotatable bonds is 3. The van der Waals surface area contributed by atoms with Gasteiger partial charge in [0.15, 0.2) is 0 Å². The summed E-state index contributed by atoms with van der Waals surface area (Å²) in [5.41, 5.74) is 2.68. The molecule has 8 heteroatoms. The van der Waals surface area contributed by atoms with Crippen molar-refractivity contribution in [1.82, 2.24) is 19.2 Å². The van der Waals surface area contributed by atoms with Gasteiger partial charge in [0.25, 0.3) is 5.56 Å². The van der Waals surface area contributed by atoms with Crippen molar-refractivity contribution in [3.8, 4) is 0 Å². The number of aliphatic hydroxyl groups is 1. The van der Waals surface area contributed by atoms with Crippen LogP contribution in [0, 0.1) is 6.92 Å². The van der Waals surface area contributed by atoms with Crippen molar-refractivity contribution in [2.75, 3.05) is 5.32 Å². The van der Waals surface area contributed by atoms with Crippen molar-refractivity contribution in [2.45, 2.75) is 20.5 Å². The normalized spacial score (nSPS) is 11.2. The van der Waals surface area contributed by atoms with E-state index in [0.717, 1.165) is 10.9 Å². The van der Waals surface area contributed by atoms with Gasteiger partial charge in [0, 0.05) is 24.2 Å². The Kier molecular flexibility index (Phi) is 3.97. The van der Waals surface area contributed by atoms with E-state index in [2.05, 4.69) is 15.4 Å². The molecular weight excluding hydrogens is 346 g/mol. The Labute approximate surface area is 153 Å². The average Bonchev–Trinajstić information content (AvgIpc) is 3.05. The van der Waals surface area contributed by atoms with Crippen LogP contribution in [0.3, 0.4) is 0 Å². The highest BCUT2D eigenvalue weighted by Gasteiger charge is 2.13. The van der Waals surface area contributed by atoms with Gasteiger partial charge in [-0.15, -0.1) is 0 Å². The predicted octanol–water partition coefficient (Wildman–Crippen LogP) is 2.25. The van der Waals surface area contributed by atoms with Crippen molar-refractivity contribution in [3.63, 3.8) is 0 Å². The lowest BCUT2D eigenvalue weighted by Gasteiger charge is -2.12. The molecule has 0 bridgehead atoms. The van der Waals surface area contributed by atoms with Gasteiger partial charge in [-0.05, 0) is 42.8 Å². The molecule has 0 spiro atoms. The molecule has 3 heterocycles. The van der Waals surface area contributed by atoms with E-state index in [1.54, 1.807) is 30.6 Å². The van der Waals surface area contributed by atoms with Crippen LogP contribution >= 0.6 is 0 Å². The zero-order chi connectivity index (χ0) is 19.1. The van der Waals surface area contributed by atoms with Gasteiger partial charge in [-0.25, -0.2) is 9.67 Å². The maximum Gasteiger partial charge on any atom is 0.265 e. The number of carbonyl (C=O) groups is 1. The second-order valence-electron chi connectivity index (χ2n) is 6.31. The Morgan fingerprint density at radius 2 is 2.07 bits per heavy atom. The minimum Gasteiger partial charge on any atom is -0.391 e. The predicted molar refractivity (Wildman–Crippen MR) is 101 cm³/mol. The Hall–Kier alpha value is -3.52. The van der Waals surface area contributed by atoms with Gasteiger partial charge in [-0.2, -0.15) is 5.10 Å². The third-order valence-corrected chi connectivity index (χ3v) is 4.37. The SMILES string of the molecule is CC(=O)n1ncc2cc(Nc3nc4cc(C)ccn4c(=O)c3CO)ccc21. The van der Waals surface area contributed by atoms with Gasteiger partial charge in [-0.3, -0.25) is 14.0 Å². The quantitative estimate of drug-likeness (QED) is 0.579. The molecule has 0 amide bonds. The van der Waals surface area contributed by atoms with E-state index >= 15 is 0 Å². The Morgan fingerprint density at radius 1 is 1.26 bits per heavy atom. The summed E-state index contributed by atoms with van der Waals surface area (Å²) < 4.78 is 2.73. The van der Waals surface area contributed by atoms with Gasteiger partial charge in [0.2, 0.25) is 5.91 Å². The fraction of sp³-hybridized carbons (Fsp3) is 0.158. The first-order valence-corrected chi connectivity index (χ1v) is 8.36. The second-order valence-corrected chi connectivity index (χ2v) is 6.31. The number of aromatic nitrogens is 4. The van der Waals surface area contributed by atoms with Crippen LogP contribution in [-0.2, 0) is 6.61 Å². The van der Waals surface area contributed by atoms with Crippen LogP contribution in [0.2, 0.25) is 0 Å². The standard InChI is InChI=1S/C19H17N5O3/c1-11-5-6-23-17(7-11)22-18(15(10-25)19(23)27)21-14-3-4-16-13(8-14)9-20-24(16)12(2)26/h3-9,21,25H,10H2,1-2H3. The Morgan fingerprint density at radius 3 is 2.81 bits per heavy atom. The lowest BCUT2D eigenvalue weighted by atomic mass is 10.2. The molecule has 0 atom stereocenters. The van der Waals surface area contributed by atoms with Crippen LogP contribution in [-0.4, -0.2) is 30.2 Å². The van der Waals surface area contributed by atoms with Crippen LogP contribution in [0.5, 0.6) is 0 Å². The number of nitrogens with zero attached hydrogens (tertiary/aromatic N) is 4. The Bertz CT molecular complexity index is 1260. The molecule has 4 rings (SSSR count). The molecule has 0 aliphatic heterocycles. The number of hydrogen-bond acceptors (Lipinski definition) is 6. The van der Waals surface area contributed by atoms with Crippen molar-refractivity contribution < 1.29 is 9.90 Å². The van der Waals surface area contributed by atoms with Crippen molar-refractivity contribution in [2.24, 2.45) is 0 Å². The number of anilines is 2. The van der Waals surface area contributed by atoms with E-state index in [1.165, 1.54) is 16.0 Å². The Balaban J connectivity index is 1.82. The highest BCUT2D eigenvalue weighted by molar-refractivity contribution is 5.91. The molecule has 0 radical (unpaired) electrons. The number of carbonyl (C=O) groups excluding carboxylic acids is 1. The summed E-state index contributed by atoms with van der Waals surface area (Å²) in [5.74, 6) is 0.124. The summed E-state index contributed by atoms with van der Waals surface area (Å²) in [6.45, 7) is 2.93. The highest BCUT2D eigenvalue weighted by atomic mass is 16.3. The molecule has 0 aliphatic carbocycles. The summed E-state index contributed by atoms with van der Waals surface area (Å²) >= 11 is 0. The van der Waals surface area contributed by atoms with Crippen LogP contribution in [0.25, 0.3) is 16.6 Å². The van der Waals surface area contributed by atoms with Crippen LogP contribution in [0.15, 0.2) is 47.5 Å². The lowest BCUT2D eigenvalue weighted by Crippen LogP contribution is -2.22. The topological polar surface area (TPSA) is 102 Å². The highest BCUT2D eigenvalue weighted by Crippen LogP contribution is 2.23. The van der Waals surface area contributed by atoms with Crippen molar-refractivity contribution in [1.29, 1.82) is 0 Å². The number of pyridine rings is 1. The molecule has 8 nitrogen and oxygen atoms in total. The average molecular weight is 363 g/mol. The lowest BCUT2D eigenvalue weighted by molar-refractivity contribution is 0.0927. The van der Waals surface area contributed by atoms with Gasteiger partial charge < -0.3 is 10.4 Å². The van der Waals surface area contributed by atoms with E-state index < -0.39 is 6.61 Å². The van der Waals surface area contributed by atoms with Gasteiger partial charge in [0.1, 0.15) is 11.5 Å². The zero-order valence-electron chi connectivity index (χ0n) is 14.8. The third-order valence-electron chi connectivity index (χ3n) is 4.37. The molecular formula is C19H17N5O3. The van der Waals surface area contributed by atoms with Crippen LogP contribution in [0.4, 0.5) is 11.5 Å². The third kappa shape index (κ3) is 2.85. The fourth-order valence-corrected chi connectivity index (χ4v) is 3.02. The first kappa shape index (κ1) is 16.9. The number of benzene rings is 1. The number of aryl methyl sites for hydroxylation is 1. The summed E-state index contributed by atoms with van der Waals surface area (Å²) in [6.07, 6.45) is 3.24. The van der Waals surface area contributed by atoms with E-state index in [1.807, 2.05) is 19.1 Å². The molecule has 0 unspecified atom stereocenters. The van der Waals surface area contributed by atoms with E-state index in [0.29, 0.717) is 22.7 Å². The summed E-state index contributed by atoms with van der Waals surface area (Å²) in [4.78, 5) is 28.7. The molecule has 0 saturated heterocycles. The molecule has 0 fully saturated rings. The summed E-state index contributed by atoms with van der Waals surface area (Å²) in [7, 11) is 0. The minimum atomic E-state index is -0.435. The number of aliphatic hydroxyl groups excluding tert-OH is 1. The molecule has 136 valence electrons. The monoisotopic (exact) mass is 363 g/mol. The number of nitrogens with one attached hydrogen (secondary N) is 1. The maximum atomic E-state index is 12.6. The van der Waals surface area contributed by atoms with Gasteiger partial charge in [-0.1, -0.05) is 0 Å². The maximum absolute atomic E-state index is 12.6. The smallest absolute Gasteiger partial charge is 0.265 e.